The molecule has 7 unspecified atom stereocenters. The molecule has 0 aromatic heterocycles. The fourth-order valence-electron chi connectivity index (χ4n) is 13.3. The van der Waals surface area contributed by atoms with Gasteiger partial charge in [-0.05, 0) is 83.5 Å². The third-order valence-corrected chi connectivity index (χ3v) is 19.7. The maximum absolute atomic E-state index is 13.1. The molecule has 554 valence electrons. The molecule has 1 rings (SSSR count). The van der Waals surface area contributed by atoms with Gasteiger partial charge in [-0.2, -0.15) is 0 Å². The van der Waals surface area contributed by atoms with Crippen LogP contribution in [0.3, 0.4) is 0 Å². The molecule has 1 amide bonds. The largest absolute Gasteiger partial charge is 0.466 e. The molecule has 1 heterocycles. The Balaban J connectivity index is 1.90. The van der Waals surface area contributed by atoms with Crippen molar-refractivity contribution < 1.29 is 49.3 Å². The van der Waals surface area contributed by atoms with Gasteiger partial charge in [0.2, 0.25) is 5.91 Å². The van der Waals surface area contributed by atoms with Crippen molar-refractivity contribution in [2.45, 2.75) is 461 Å². The molecule has 0 radical (unpaired) electrons. The zero-order valence-electron chi connectivity index (χ0n) is 62.0. The Morgan fingerprint density at radius 2 is 0.681 bits per heavy atom. The summed E-state index contributed by atoms with van der Waals surface area (Å²) < 4.78 is 16.8. The monoisotopic (exact) mass is 1330 g/mol. The van der Waals surface area contributed by atoms with Crippen LogP contribution in [0.2, 0.25) is 0 Å². The summed E-state index contributed by atoms with van der Waals surface area (Å²) in [5.41, 5.74) is 0. The Morgan fingerprint density at radius 3 is 1.03 bits per heavy atom. The molecular formula is C83H157NO10. The van der Waals surface area contributed by atoms with Crippen LogP contribution in [0.25, 0.3) is 0 Å². The summed E-state index contributed by atoms with van der Waals surface area (Å²) in [6.45, 7) is 4.38. The van der Waals surface area contributed by atoms with Gasteiger partial charge >= 0.3 is 5.97 Å². The second-order valence-corrected chi connectivity index (χ2v) is 28.8. The van der Waals surface area contributed by atoms with Gasteiger partial charge in [-0.25, -0.2) is 0 Å². The summed E-state index contributed by atoms with van der Waals surface area (Å²) in [6.07, 6.45) is 84.7. The first kappa shape index (κ1) is 89.9. The van der Waals surface area contributed by atoms with E-state index in [0.717, 1.165) is 57.8 Å². The van der Waals surface area contributed by atoms with E-state index in [0.29, 0.717) is 19.4 Å². The normalized spacial score (nSPS) is 17.5. The van der Waals surface area contributed by atoms with E-state index in [9.17, 15) is 35.1 Å². The Hall–Kier alpha value is -2.12. The predicted octanol–water partition coefficient (Wildman–Crippen LogP) is 22.5. The van der Waals surface area contributed by atoms with Crippen molar-refractivity contribution in [1.82, 2.24) is 5.32 Å². The van der Waals surface area contributed by atoms with Crippen LogP contribution in [0.5, 0.6) is 0 Å². The van der Waals surface area contributed by atoms with Gasteiger partial charge in [0, 0.05) is 12.8 Å². The van der Waals surface area contributed by atoms with Gasteiger partial charge in [0.05, 0.1) is 32.0 Å². The van der Waals surface area contributed by atoms with E-state index in [2.05, 4.69) is 43.5 Å². The van der Waals surface area contributed by atoms with Crippen LogP contribution in [0.1, 0.15) is 418 Å². The lowest BCUT2D eigenvalue weighted by atomic mass is 9.99. The summed E-state index contributed by atoms with van der Waals surface area (Å²) in [4.78, 5) is 25.2. The third-order valence-electron chi connectivity index (χ3n) is 19.7. The predicted molar refractivity (Wildman–Crippen MR) is 398 cm³/mol. The fourth-order valence-corrected chi connectivity index (χ4v) is 13.3. The van der Waals surface area contributed by atoms with Crippen LogP contribution in [-0.2, 0) is 23.8 Å². The number of unbranched alkanes of at least 4 members (excludes halogenated alkanes) is 56. The quantitative estimate of drug-likeness (QED) is 0.0195. The van der Waals surface area contributed by atoms with E-state index in [1.54, 1.807) is 6.08 Å². The molecule has 1 aliphatic heterocycles. The lowest BCUT2D eigenvalue weighted by Crippen LogP contribution is -2.60. The van der Waals surface area contributed by atoms with E-state index in [1.165, 1.54) is 334 Å². The van der Waals surface area contributed by atoms with Crippen molar-refractivity contribution in [3.63, 3.8) is 0 Å². The lowest BCUT2D eigenvalue weighted by molar-refractivity contribution is -0.302. The molecule has 7 atom stereocenters. The number of aliphatic hydroxyl groups is 5. The first-order valence-corrected chi connectivity index (χ1v) is 41.3. The number of ether oxygens (including phenoxy) is 3. The second kappa shape index (κ2) is 72.1. The van der Waals surface area contributed by atoms with E-state index in [4.69, 9.17) is 14.2 Å². The van der Waals surface area contributed by atoms with Crippen molar-refractivity contribution in [3.8, 4) is 0 Å². The molecule has 0 aliphatic carbocycles. The van der Waals surface area contributed by atoms with Crippen LogP contribution in [0.4, 0.5) is 0 Å². The van der Waals surface area contributed by atoms with Crippen molar-refractivity contribution >= 4 is 11.9 Å². The van der Waals surface area contributed by atoms with Crippen molar-refractivity contribution in [1.29, 1.82) is 0 Å². The number of carbonyl (C=O) groups is 2. The number of hydrogen-bond donors (Lipinski definition) is 6. The van der Waals surface area contributed by atoms with Gasteiger partial charge in [0.1, 0.15) is 24.4 Å². The standard InChI is InChI=1S/C83H157NO10/c1-3-5-7-9-11-13-15-17-46-49-53-57-61-65-69-76(86)75(74-93-83-82(91)81(90)80(89)77(73-85)94-83)84-78(87)70-66-62-58-54-50-47-43-41-39-37-35-33-31-29-27-25-23-21-19-18-20-22-24-26-28-30-32-34-36-38-40-42-44-48-52-56-60-64-68-72-92-79(88)71-67-63-59-55-51-45-16-14-12-10-8-6-4-2/h14,16,18-19,65,69,75-77,80-83,85-86,89-91H,3-13,15,17,20-64,66-68,70-74H2,1-2H3,(H,84,87)/b16-14-,19-18-,69-65+. The Labute approximate surface area is 581 Å². The van der Waals surface area contributed by atoms with E-state index in [-0.39, 0.29) is 18.5 Å². The van der Waals surface area contributed by atoms with E-state index < -0.39 is 49.5 Å². The molecule has 1 saturated heterocycles. The number of amides is 1. The molecular weight excluding hydrogens is 1170 g/mol. The zero-order chi connectivity index (χ0) is 67.9. The molecule has 1 fully saturated rings. The Morgan fingerprint density at radius 1 is 0.383 bits per heavy atom. The molecule has 0 aromatic rings. The molecule has 6 N–H and O–H groups in total. The SMILES string of the molecule is CCCCCC/C=C\CCCCCCCC(=O)OCCCCCCCCCCCCCCCCCCCC/C=C\CCCCCCCCCCCCCCCCCCCC(=O)NC(COC1OC(CO)C(O)C(O)C1O)C(O)/C=C/CCCCCCCCCCCCCC. The van der Waals surface area contributed by atoms with Gasteiger partial charge in [0.15, 0.2) is 6.29 Å². The number of allylic oxidation sites excluding steroid dienone is 5. The van der Waals surface area contributed by atoms with Gasteiger partial charge in [0.25, 0.3) is 0 Å². The van der Waals surface area contributed by atoms with E-state index in [1.807, 2.05) is 6.08 Å². The summed E-state index contributed by atoms with van der Waals surface area (Å²) in [5, 5.41) is 54.6. The van der Waals surface area contributed by atoms with E-state index >= 15 is 0 Å². The molecule has 0 aromatic carbocycles. The maximum Gasteiger partial charge on any atom is 0.305 e. The molecule has 94 heavy (non-hydrogen) atoms. The highest BCUT2D eigenvalue weighted by molar-refractivity contribution is 5.76. The van der Waals surface area contributed by atoms with Gasteiger partial charge in [-0.3, -0.25) is 9.59 Å². The van der Waals surface area contributed by atoms with Crippen LogP contribution in [0, 0.1) is 0 Å². The number of esters is 1. The molecule has 0 spiro atoms. The highest BCUT2D eigenvalue weighted by Crippen LogP contribution is 2.24. The van der Waals surface area contributed by atoms with Crippen molar-refractivity contribution in [2.24, 2.45) is 0 Å². The van der Waals surface area contributed by atoms with Gasteiger partial charge < -0.3 is 45.1 Å². The molecule has 11 heteroatoms. The Kier molecular flexibility index (Phi) is 69.0. The smallest absolute Gasteiger partial charge is 0.305 e. The van der Waals surface area contributed by atoms with Crippen LogP contribution in [0.15, 0.2) is 36.5 Å². The zero-order valence-corrected chi connectivity index (χ0v) is 62.0. The van der Waals surface area contributed by atoms with Gasteiger partial charge in [-0.1, -0.05) is 359 Å². The first-order valence-electron chi connectivity index (χ1n) is 41.3. The second-order valence-electron chi connectivity index (χ2n) is 28.8. The summed E-state index contributed by atoms with van der Waals surface area (Å²) >= 11 is 0. The van der Waals surface area contributed by atoms with Crippen LogP contribution in [-0.4, -0.2) is 100 Å². The highest BCUT2D eigenvalue weighted by Gasteiger charge is 2.44. The summed E-state index contributed by atoms with van der Waals surface area (Å²) in [6, 6.07) is -0.807. The minimum absolute atomic E-state index is 0.00806. The topological polar surface area (TPSA) is 175 Å². The average molecular weight is 1330 g/mol. The highest BCUT2D eigenvalue weighted by atomic mass is 16.7. The number of carbonyl (C=O) groups excluding carboxylic acids is 2. The number of aliphatic hydroxyl groups excluding tert-OH is 5. The average Bonchev–Trinajstić information content (AvgIpc) is 0.844. The number of rotatable bonds is 74. The van der Waals surface area contributed by atoms with Crippen LogP contribution >= 0.6 is 0 Å². The van der Waals surface area contributed by atoms with Crippen LogP contribution < -0.4 is 5.32 Å². The van der Waals surface area contributed by atoms with Gasteiger partial charge in [-0.15, -0.1) is 0 Å². The number of nitrogens with one attached hydrogen (secondary N) is 1. The summed E-state index contributed by atoms with van der Waals surface area (Å²) in [5.74, 6) is -0.166. The fraction of sp³-hybridized carbons (Fsp3) is 0.904. The van der Waals surface area contributed by atoms with Crippen molar-refractivity contribution in [3.05, 3.63) is 36.5 Å². The Bertz CT molecular complexity index is 1660. The van der Waals surface area contributed by atoms with Crippen molar-refractivity contribution in [2.75, 3.05) is 19.8 Å². The minimum atomic E-state index is -1.57. The summed E-state index contributed by atoms with van der Waals surface area (Å²) in [7, 11) is 0. The number of hydrogen-bond acceptors (Lipinski definition) is 10. The maximum atomic E-state index is 13.1. The molecule has 1 aliphatic rings. The molecule has 0 bridgehead atoms. The first-order chi connectivity index (χ1) is 46.2. The minimum Gasteiger partial charge on any atom is -0.466 e. The molecule has 11 nitrogen and oxygen atoms in total. The lowest BCUT2D eigenvalue weighted by Gasteiger charge is -2.40. The molecule has 0 saturated carbocycles. The third kappa shape index (κ3) is 59.9.